The van der Waals surface area contributed by atoms with E-state index in [9.17, 15) is 18.3 Å². The second-order valence-corrected chi connectivity index (χ2v) is 7.57. The van der Waals surface area contributed by atoms with Crippen molar-refractivity contribution in [2.75, 3.05) is 20.3 Å². The van der Waals surface area contributed by atoms with Gasteiger partial charge in [0.15, 0.2) is 0 Å². The molecule has 0 aliphatic heterocycles. The molecule has 114 valence electrons. The lowest BCUT2D eigenvalue weighted by atomic mass is 10.0. The number of carbonyl (C=O) groups is 1. The zero-order valence-corrected chi connectivity index (χ0v) is 12.8. The molecule has 20 heavy (non-hydrogen) atoms. The van der Waals surface area contributed by atoms with E-state index >= 15 is 0 Å². The highest BCUT2D eigenvalue weighted by molar-refractivity contribution is 7.91. The molecule has 1 unspecified atom stereocenters. The van der Waals surface area contributed by atoms with Crippen LogP contribution < -0.4 is 4.72 Å². The van der Waals surface area contributed by atoms with Crippen LogP contribution in [0.25, 0.3) is 0 Å². The molecule has 9 heteroatoms. The number of aliphatic hydroxyl groups is 1. The Labute approximate surface area is 121 Å². The van der Waals surface area contributed by atoms with Crippen LogP contribution in [0.5, 0.6) is 0 Å². The second kappa shape index (κ2) is 6.64. The van der Waals surface area contributed by atoms with Gasteiger partial charge in [-0.05, 0) is 19.1 Å². The number of ether oxygens (including phenoxy) is 1. The van der Waals surface area contributed by atoms with E-state index in [1.807, 2.05) is 0 Å². The van der Waals surface area contributed by atoms with Crippen LogP contribution in [0.1, 0.15) is 23.0 Å². The fraction of sp³-hybridized carbons (Fsp3) is 0.545. The number of aromatic carboxylic acids is 1. The zero-order chi connectivity index (χ0) is 15.4. The fourth-order valence-corrected chi connectivity index (χ4v) is 3.66. The summed E-state index contributed by atoms with van der Waals surface area (Å²) < 4.78 is 30.9. The van der Waals surface area contributed by atoms with Gasteiger partial charge in [-0.1, -0.05) is 0 Å². The minimum Gasteiger partial charge on any atom is -0.477 e. The highest BCUT2D eigenvalue weighted by atomic mass is 32.2. The Morgan fingerprint density at radius 2 is 2.15 bits per heavy atom. The second-order valence-electron chi connectivity index (χ2n) is 4.49. The predicted octanol–water partition coefficient (Wildman–Crippen LogP) is 0.512. The molecule has 0 spiro atoms. The number of hydrogen-bond acceptors (Lipinski definition) is 6. The fourth-order valence-electron chi connectivity index (χ4n) is 1.31. The smallest absolute Gasteiger partial charge is 0.345 e. The van der Waals surface area contributed by atoms with Gasteiger partial charge in [-0.15, -0.1) is 11.3 Å². The van der Waals surface area contributed by atoms with Crippen molar-refractivity contribution in [2.45, 2.75) is 23.2 Å². The number of sulfonamides is 1. The maximum absolute atomic E-state index is 12.0. The first-order valence-corrected chi connectivity index (χ1v) is 8.02. The van der Waals surface area contributed by atoms with E-state index in [0.717, 1.165) is 0 Å². The first kappa shape index (κ1) is 17.1. The van der Waals surface area contributed by atoms with Crippen LogP contribution in [-0.4, -0.2) is 50.5 Å². The van der Waals surface area contributed by atoms with Gasteiger partial charge in [-0.3, -0.25) is 0 Å². The molecule has 7 nitrogen and oxygen atoms in total. The van der Waals surface area contributed by atoms with Crippen LogP contribution in [-0.2, 0) is 14.8 Å². The monoisotopic (exact) mass is 323 g/mol. The molecule has 0 aromatic carbocycles. The average molecular weight is 323 g/mol. The lowest BCUT2D eigenvalue weighted by Crippen LogP contribution is -2.41. The van der Waals surface area contributed by atoms with Crippen molar-refractivity contribution in [1.29, 1.82) is 0 Å². The van der Waals surface area contributed by atoms with Crippen molar-refractivity contribution in [3.63, 3.8) is 0 Å². The summed E-state index contributed by atoms with van der Waals surface area (Å²) >= 11 is 0.660. The van der Waals surface area contributed by atoms with Crippen LogP contribution in [0, 0.1) is 0 Å². The van der Waals surface area contributed by atoms with E-state index in [-0.39, 0.29) is 22.1 Å². The average Bonchev–Trinajstić information content (AvgIpc) is 2.85. The van der Waals surface area contributed by atoms with Gasteiger partial charge in [-0.2, -0.15) is 0 Å². The number of hydrogen-bond donors (Lipinski definition) is 3. The lowest BCUT2D eigenvalue weighted by molar-refractivity contribution is 0.0292. The summed E-state index contributed by atoms with van der Waals surface area (Å²) in [5.74, 6) is -1.18. The predicted molar refractivity (Wildman–Crippen MR) is 73.6 cm³/mol. The molecule has 0 bridgehead atoms. The Morgan fingerprint density at radius 1 is 1.50 bits per heavy atom. The van der Waals surface area contributed by atoms with Crippen molar-refractivity contribution in [2.24, 2.45) is 0 Å². The SMILES string of the molecule is COCCC(C)(O)CNS(=O)(=O)c1ccc(C(=O)O)s1. The maximum atomic E-state index is 12.0. The summed E-state index contributed by atoms with van der Waals surface area (Å²) in [6, 6.07) is 2.45. The van der Waals surface area contributed by atoms with E-state index < -0.39 is 21.6 Å². The van der Waals surface area contributed by atoms with E-state index in [2.05, 4.69) is 4.72 Å². The van der Waals surface area contributed by atoms with E-state index in [0.29, 0.717) is 17.9 Å². The molecule has 0 radical (unpaired) electrons. The third-order valence-electron chi connectivity index (χ3n) is 2.54. The molecule has 1 aromatic rings. The summed E-state index contributed by atoms with van der Waals surface area (Å²) in [5, 5.41) is 18.7. The van der Waals surface area contributed by atoms with Crippen LogP contribution in [0.3, 0.4) is 0 Å². The zero-order valence-electron chi connectivity index (χ0n) is 11.1. The van der Waals surface area contributed by atoms with Crippen molar-refractivity contribution < 1.29 is 28.2 Å². The summed E-state index contributed by atoms with van der Waals surface area (Å²) in [7, 11) is -2.34. The minimum absolute atomic E-state index is 0.0588. The molecule has 0 saturated heterocycles. The highest BCUT2D eigenvalue weighted by Gasteiger charge is 2.25. The number of methoxy groups -OCH3 is 1. The summed E-state index contributed by atoms with van der Waals surface area (Å²) in [4.78, 5) is 10.7. The Bertz CT molecular complexity index is 563. The van der Waals surface area contributed by atoms with Crippen LogP contribution in [0.15, 0.2) is 16.3 Å². The minimum atomic E-state index is -3.83. The first-order valence-electron chi connectivity index (χ1n) is 5.72. The van der Waals surface area contributed by atoms with Gasteiger partial charge in [0.25, 0.3) is 0 Å². The van der Waals surface area contributed by atoms with Crippen molar-refractivity contribution in [3.05, 3.63) is 17.0 Å². The van der Waals surface area contributed by atoms with Gasteiger partial charge >= 0.3 is 5.97 Å². The molecule has 0 amide bonds. The molecule has 1 heterocycles. The largest absolute Gasteiger partial charge is 0.477 e. The number of carboxylic acid groups (broad SMARTS) is 1. The maximum Gasteiger partial charge on any atom is 0.345 e. The molecule has 1 aromatic heterocycles. The number of rotatable bonds is 8. The Hall–Kier alpha value is -1.00. The normalized spacial score (nSPS) is 14.9. The number of nitrogens with one attached hydrogen (secondary N) is 1. The van der Waals surface area contributed by atoms with Crippen LogP contribution in [0.4, 0.5) is 0 Å². The lowest BCUT2D eigenvalue weighted by Gasteiger charge is -2.22. The van der Waals surface area contributed by atoms with E-state index in [4.69, 9.17) is 9.84 Å². The molecule has 0 aliphatic carbocycles. The molecule has 1 atom stereocenters. The van der Waals surface area contributed by atoms with Gasteiger partial charge < -0.3 is 14.9 Å². The van der Waals surface area contributed by atoms with Crippen molar-refractivity contribution in [3.8, 4) is 0 Å². The molecular weight excluding hydrogens is 306 g/mol. The molecule has 3 N–H and O–H groups in total. The van der Waals surface area contributed by atoms with Crippen LogP contribution >= 0.6 is 11.3 Å². The molecule has 0 saturated carbocycles. The Balaban J connectivity index is 2.72. The first-order chi connectivity index (χ1) is 9.18. The standard InChI is InChI=1S/C11H17NO6S2/c1-11(15,5-6-18-2)7-12-20(16,17)9-4-3-8(19-9)10(13)14/h3-4,12,15H,5-7H2,1-2H3,(H,13,14). The summed E-state index contributed by atoms with van der Waals surface area (Å²) in [6.45, 7) is 1.61. The molecule has 0 fully saturated rings. The Kier molecular flexibility index (Phi) is 5.66. The Morgan fingerprint density at radius 3 is 2.65 bits per heavy atom. The highest BCUT2D eigenvalue weighted by Crippen LogP contribution is 2.21. The third-order valence-corrected chi connectivity index (χ3v) is 5.51. The van der Waals surface area contributed by atoms with Gasteiger partial charge in [0.1, 0.15) is 9.09 Å². The molecule has 0 aliphatic rings. The summed E-state index contributed by atoms with van der Waals surface area (Å²) in [5.41, 5.74) is -1.24. The van der Waals surface area contributed by atoms with Crippen molar-refractivity contribution >= 4 is 27.3 Å². The number of carboxylic acids is 1. The van der Waals surface area contributed by atoms with E-state index in [1.165, 1.54) is 26.2 Å². The molecule has 1 rings (SSSR count). The summed E-state index contributed by atoms with van der Waals surface area (Å²) in [6.07, 6.45) is 0.275. The van der Waals surface area contributed by atoms with E-state index in [1.54, 1.807) is 0 Å². The quantitative estimate of drug-likeness (QED) is 0.642. The van der Waals surface area contributed by atoms with Gasteiger partial charge in [0.2, 0.25) is 10.0 Å². The van der Waals surface area contributed by atoms with Gasteiger partial charge in [-0.25, -0.2) is 17.9 Å². The number of thiophene rings is 1. The van der Waals surface area contributed by atoms with Gasteiger partial charge in [0, 0.05) is 26.7 Å². The third kappa shape index (κ3) is 4.84. The molecular formula is C11H17NO6S2. The van der Waals surface area contributed by atoms with Crippen LogP contribution in [0.2, 0.25) is 0 Å². The topological polar surface area (TPSA) is 113 Å². The van der Waals surface area contributed by atoms with Gasteiger partial charge in [0.05, 0.1) is 5.60 Å². The van der Waals surface area contributed by atoms with Crippen molar-refractivity contribution in [1.82, 2.24) is 4.72 Å².